The Bertz CT molecular complexity index is 1670. The number of imidazole rings is 1. The Labute approximate surface area is 226 Å². The number of aliphatic hydroxyl groups excluding tert-OH is 1. The normalized spacial score (nSPS) is 24.4. The first-order chi connectivity index (χ1) is 19.0. The first kappa shape index (κ1) is 24.1. The molecule has 12 nitrogen and oxygen atoms in total. The number of pyridine rings is 1. The van der Waals surface area contributed by atoms with E-state index in [1.807, 2.05) is 35.0 Å². The third kappa shape index (κ3) is 4.03. The highest BCUT2D eigenvalue weighted by molar-refractivity contribution is 6.33. The maximum absolute atomic E-state index is 10.2. The number of rotatable bonds is 8. The molecule has 39 heavy (non-hydrogen) atoms. The van der Waals surface area contributed by atoms with Gasteiger partial charge in [0.25, 0.3) is 6.01 Å². The van der Waals surface area contributed by atoms with E-state index in [2.05, 4.69) is 32.0 Å². The summed E-state index contributed by atoms with van der Waals surface area (Å²) in [4.78, 5) is 12.2. The van der Waals surface area contributed by atoms with Crippen molar-refractivity contribution >= 4 is 39.5 Å². The van der Waals surface area contributed by atoms with Gasteiger partial charge in [-0.05, 0) is 12.1 Å². The predicted molar refractivity (Wildman–Crippen MR) is 141 cm³/mol. The van der Waals surface area contributed by atoms with Crippen LogP contribution in [0.3, 0.4) is 0 Å². The number of H-pyrrole nitrogens is 1. The van der Waals surface area contributed by atoms with E-state index in [-0.39, 0.29) is 19.2 Å². The van der Waals surface area contributed by atoms with Gasteiger partial charge in [0.2, 0.25) is 0 Å². The third-order valence-corrected chi connectivity index (χ3v) is 7.46. The summed E-state index contributed by atoms with van der Waals surface area (Å²) in [6.07, 6.45) is 1.35. The number of benzene rings is 1. The summed E-state index contributed by atoms with van der Waals surface area (Å²) in [5.74, 6) is 0.464. The first-order valence-corrected chi connectivity index (χ1v) is 12.8. The zero-order valence-electron chi connectivity index (χ0n) is 20.6. The maximum atomic E-state index is 10.2. The number of anilines is 1. The average molecular weight is 550 g/mol. The van der Waals surface area contributed by atoms with Crippen molar-refractivity contribution in [1.82, 2.24) is 29.9 Å². The van der Waals surface area contributed by atoms with Crippen LogP contribution in [0.4, 0.5) is 5.82 Å². The quantitative estimate of drug-likeness (QED) is 0.247. The number of nitrogens with one attached hydrogen (secondary N) is 2. The molecular formula is C26H24ClN7O5. The average Bonchev–Trinajstić information content (AvgIpc) is 3.76. The Hall–Kier alpha value is -3.97. The summed E-state index contributed by atoms with van der Waals surface area (Å²) in [5, 5.41) is 23.7. The number of hydrogen-bond acceptors (Lipinski definition) is 10. The van der Waals surface area contributed by atoms with Crippen LogP contribution in [0.5, 0.6) is 6.01 Å². The number of ether oxygens (including phenoxy) is 3. The summed E-state index contributed by atoms with van der Waals surface area (Å²) in [7, 11) is 0. The Kier molecular flexibility index (Phi) is 5.77. The van der Waals surface area contributed by atoms with Crippen molar-refractivity contribution in [3.05, 3.63) is 71.7 Å². The summed E-state index contributed by atoms with van der Waals surface area (Å²) < 4.78 is 24.5. The van der Waals surface area contributed by atoms with Crippen LogP contribution < -0.4 is 10.1 Å². The Morgan fingerprint density at radius 2 is 2.18 bits per heavy atom. The molecule has 0 radical (unpaired) electrons. The zero-order valence-corrected chi connectivity index (χ0v) is 21.3. The summed E-state index contributed by atoms with van der Waals surface area (Å²) in [5.41, 5.74) is 2.68. The van der Waals surface area contributed by atoms with Crippen molar-refractivity contribution in [3.8, 4) is 6.01 Å². The van der Waals surface area contributed by atoms with Crippen LogP contribution in [0.1, 0.15) is 11.4 Å². The molecule has 5 aromatic rings. The second-order valence-corrected chi connectivity index (χ2v) is 9.90. The van der Waals surface area contributed by atoms with Gasteiger partial charge in [-0.25, -0.2) is 4.98 Å². The molecule has 0 saturated carbocycles. The van der Waals surface area contributed by atoms with Crippen LogP contribution in [0.2, 0.25) is 5.02 Å². The molecule has 0 unspecified atom stereocenters. The number of nitrogens with zero attached hydrogens (tertiary/aromatic N) is 5. The van der Waals surface area contributed by atoms with Crippen LogP contribution in [0.25, 0.3) is 22.1 Å². The van der Waals surface area contributed by atoms with E-state index in [4.69, 9.17) is 35.4 Å². The van der Waals surface area contributed by atoms with E-state index in [1.54, 1.807) is 18.4 Å². The first-order valence-electron chi connectivity index (χ1n) is 12.4. The van der Waals surface area contributed by atoms with E-state index in [1.165, 1.54) is 0 Å². The second-order valence-electron chi connectivity index (χ2n) is 9.49. The number of hydrogen-bond donors (Lipinski definition) is 3. The van der Waals surface area contributed by atoms with Gasteiger partial charge < -0.3 is 34.1 Å². The highest BCUT2D eigenvalue weighted by atomic mass is 35.5. The van der Waals surface area contributed by atoms with E-state index in [9.17, 15) is 5.11 Å². The van der Waals surface area contributed by atoms with Gasteiger partial charge in [-0.2, -0.15) is 10.1 Å². The molecular weight excluding hydrogens is 526 g/mol. The van der Waals surface area contributed by atoms with Crippen molar-refractivity contribution in [3.63, 3.8) is 0 Å². The maximum Gasteiger partial charge on any atom is 0.296 e. The number of para-hydroxylation sites is 1. The molecule has 4 atom stereocenters. The Morgan fingerprint density at radius 3 is 3.03 bits per heavy atom. The van der Waals surface area contributed by atoms with Crippen LogP contribution in [-0.2, 0) is 22.6 Å². The number of fused-ring (bicyclic) bond motifs is 3. The molecule has 13 heteroatoms. The molecule has 7 rings (SSSR count). The molecule has 2 fully saturated rings. The van der Waals surface area contributed by atoms with Crippen LogP contribution in [-0.4, -0.2) is 72.1 Å². The monoisotopic (exact) mass is 549 g/mol. The molecule has 4 aromatic heterocycles. The highest BCUT2D eigenvalue weighted by Crippen LogP contribution is 2.40. The van der Waals surface area contributed by atoms with Crippen molar-refractivity contribution in [2.75, 3.05) is 18.5 Å². The SMILES string of the molecule is C=C[C@]12OC[C@@H](O)[C@H]1OC[C@H]2Oc1nc2nc(NCc3nn(Cc4ccon4)c4ccccc34)c(Cl)cc2[nH]1. The molecule has 0 amide bonds. The lowest BCUT2D eigenvalue weighted by molar-refractivity contribution is -0.0324. The molecule has 1 aromatic carbocycles. The highest BCUT2D eigenvalue weighted by Gasteiger charge is 2.59. The lowest BCUT2D eigenvalue weighted by atomic mass is 9.92. The largest absolute Gasteiger partial charge is 0.455 e. The van der Waals surface area contributed by atoms with Crippen LogP contribution in [0.15, 0.2) is 59.8 Å². The minimum Gasteiger partial charge on any atom is -0.455 e. The van der Waals surface area contributed by atoms with Gasteiger partial charge in [-0.15, -0.1) is 0 Å². The summed E-state index contributed by atoms with van der Waals surface area (Å²) >= 11 is 6.56. The number of halogens is 1. The minimum absolute atomic E-state index is 0.149. The van der Waals surface area contributed by atoms with Gasteiger partial charge in [0.1, 0.15) is 30.0 Å². The van der Waals surface area contributed by atoms with Crippen LogP contribution in [0, 0.1) is 0 Å². The molecule has 6 heterocycles. The lowest BCUT2D eigenvalue weighted by Gasteiger charge is -2.28. The molecule has 2 saturated heterocycles. The Balaban J connectivity index is 1.11. The van der Waals surface area contributed by atoms with E-state index < -0.39 is 23.9 Å². The Morgan fingerprint density at radius 1 is 1.28 bits per heavy atom. The molecule has 2 aliphatic heterocycles. The van der Waals surface area contributed by atoms with Crippen molar-refractivity contribution in [2.24, 2.45) is 0 Å². The van der Waals surface area contributed by atoms with Gasteiger partial charge in [-0.3, -0.25) is 4.68 Å². The van der Waals surface area contributed by atoms with E-state index in [0.717, 1.165) is 22.3 Å². The predicted octanol–water partition coefficient (Wildman–Crippen LogP) is 3.07. The molecule has 0 spiro atoms. The fourth-order valence-corrected chi connectivity index (χ4v) is 5.49. The standard InChI is InChI=1S/C26H24ClN7O5/c1-2-26-21(13-36-22(26)20(35)12-37-26)39-25-29-17-9-16(27)23(30-24(17)31-25)28-10-18-15-5-3-4-6-19(15)34(32-18)11-14-7-8-38-33-14/h2-9,20-22,35H,1,10-13H2,(H2,28,29,30,31)/t20-,21-,22-,26-/m1/s1. The topological polar surface area (TPSA) is 145 Å². The molecule has 0 bridgehead atoms. The zero-order chi connectivity index (χ0) is 26.6. The molecule has 2 aliphatic rings. The summed E-state index contributed by atoms with van der Waals surface area (Å²) in [6, 6.07) is 11.8. The number of aliphatic hydroxyl groups is 1. The van der Waals surface area contributed by atoms with E-state index in [0.29, 0.717) is 35.1 Å². The van der Waals surface area contributed by atoms with E-state index >= 15 is 0 Å². The fraction of sp³-hybridized carbons (Fsp3) is 0.308. The van der Waals surface area contributed by atoms with Gasteiger partial charge in [0.15, 0.2) is 17.4 Å². The van der Waals surface area contributed by atoms with Gasteiger partial charge in [-0.1, -0.05) is 47.6 Å². The van der Waals surface area contributed by atoms with Gasteiger partial charge in [0.05, 0.1) is 48.1 Å². The molecule has 200 valence electrons. The molecule has 3 N–H and O–H groups in total. The van der Waals surface area contributed by atoms with Crippen LogP contribution >= 0.6 is 11.6 Å². The van der Waals surface area contributed by atoms with Gasteiger partial charge in [0, 0.05) is 11.5 Å². The summed E-state index contributed by atoms with van der Waals surface area (Å²) in [6.45, 7) is 5.13. The lowest BCUT2D eigenvalue weighted by Crippen LogP contribution is -2.47. The second kappa shape index (κ2) is 9.35. The minimum atomic E-state index is -0.948. The number of aromatic nitrogens is 6. The smallest absolute Gasteiger partial charge is 0.296 e. The van der Waals surface area contributed by atoms with Crippen molar-refractivity contribution < 1.29 is 23.8 Å². The van der Waals surface area contributed by atoms with Crippen molar-refractivity contribution in [2.45, 2.75) is 37.0 Å². The number of aromatic amines is 1. The third-order valence-electron chi connectivity index (χ3n) is 7.17. The fourth-order valence-electron chi connectivity index (χ4n) is 5.27. The van der Waals surface area contributed by atoms with Crippen molar-refractivity contribution in [1.29, 1.82) is 0 Å². The van der Waals surface area contributed by atoms with Gasteiger partial charge >= 0.3 is 0 Å². The molecule has 0 aliphatic carbocycles.